The molecule has 2 N–H and O–H groups in total. The lowest BCUT2D eigenvalue weighted by Gasteiger charge is -2.32. The number of benzene rings is 1. The van der Waals surface area contributed by atoms with Crippen LogP contribution in [0.15, 0.2) is 47.2 Å². The number of pyridine rings is 1. The molecule has 1 amide bonds. The minimum Gasteiger partial charge on any atom is -0.394 e. The number of carbonyl (C=O) groups excluding carboxylic acids is 1. The summed E-state index contributed by atoms with van der Waals surface area (Å²) in [5.41, 5.74) is 3.28. The van der Waals surface area contributed by atoms with Crippen molar-refractivity contribution < 1.29 is 19.2 Å². The van der Waals surface area contributed by atoms with Gasteiger partial charge < -0.3 is 19.7 Å². The third-order valence-electron chi connectivity index (χ3n) is 5.78. The zero-order valence-corrected chi connectivity index (χ0v) is 18.6. The number of nitrogens with zero attached hydrogens (tertiary/aromatic N) is 4. The SMILES string of the molecule is Cc1ccc(-c2noc(C3CC(OCCO)C3)n2)cc1NC(=O)c1cnc2cc(Cl)ccn12. The number of aromatic nitrogens is 4. The van der Waals surface area contributed by atoms with Crippen molar-refractivity contribution in [2.75, 3.05) is 18.5 Å². The number of hydrogen-bond acceptors (Lipinski definition) is 7. The Morgan fingerprint density at radius 3 is 3.00 bits per heavy atom. The molecule has 1 aliphatic carbocycles. The summed E-state index contributed by atoms with van der Waals surface area (Å²) in [6.07, 6.45) is 4.93. The van der Waals surface area contributed by atoms with Crippen molar-refractivity contribution in [3.8, 4) is 11.4 Å². The van der Waals surface area contributed by atoms with Crippen LogP contribution in [-0.4, -0.2) is 49.9 Å². The molecule has 0 unspecified atom stereocenters. The zero-order chi connectivity index (χ0) is 22.9. The van der Waals surface area contributed by atoms with Crippen LogP contribution in [-0.2, 0) is 4.74 Å². The van der Waals surface area contributed by atoms with Crippen molar-refractivity contribution in [3.05, 3.63) is 64.9 Å². The van der Waals surface area contributed by atoms with Crippen LogP contribution in [0.1, 0.15) is 40.7 Å². The number of imidazole rings is 1. The highest BCUT2D eigenvalue weighted by Crippen LogP contribution is 2.38. The van der Waals surface area contributed by atoms with Gasteiger partial charge in [0.2, 0.25) is 11.7 Å². The van der Waals surface area contributed by atoms with E-state index in [4.69, 9.17) is 26.0 Å². The van der Waals surface area contributed by atoms with Gasteiger partial charge in [0, 0.05) is 34.5 Å². The fraction of sp³-hybridized carbons (Fsp3) is 0.304. The molecule has 0 bridgehead atoms. The predicted octanol–water partition coefficient (Wildman–Crippen LogP) is 3.85. The number of nitrogens with one attached hydrogen (secondary N) is 1. The number of aryl methyl sites for hydroxylation is 1. The molecule has 0 atom stereocenters. The Labute approximate surface area is 194 Å². The lowest BCUT2D eigenvalue weighted by Crippen LogP contribution is -2.30. The quantitative estimate of drug-likeness (QED) is 0.424. The molecule has 1 saturated carbocycles. The average Bonchev–Trinajstić information content (AvgIpc) is 3.41. The van der Waals surface area contributed by atoms with Crippen LogP contribution in [0.5, 0.6) is 0 Å². The number of carbonyl (C=O) groups is 1. The van der Waals surface area contributed by atoms with Gasteiger partial charge in [-0.05, 0) is 37.5 Å². The molecule has 1 aromatic carbocycles. The Morgan fingerprint density at radius 1 is 1.33 bits per heavy atom. The van der Waals surface area contributed by atoms with Crippen molar-refractivity contribution in [3.63, 3.8) is 0 Å². The molecule has 0 radical (unpaired) electrons. The van der Waals surface area contributed by atoms with Crippen LogP contribution in [0.4, 0.5) is 5.69 Å². The molecule has 4 aromatic rings. The van der Waals surface area contributed by atoms with E-state index >= 15 is 0 Å². The van der Waals surface area contributed by atoms with E-state index in [1.807, 2.05) is 25.1 Å². The molecule has 1 aliphatic rings. The average molecular weight is 468 g/mol. The van der Waals surface area contributed by atoms with Crippen LogP contribution < -0.4 is 5.32 Å². The molecule has 3 heterocycles. The summed E-state index contributed by atoms with van der Waals surface area (Å²) >= 11 is 6.01. The fourth-order valence-corrected chi connectivity index (χ4v) is 4.00. The van der Waals surface area contributed by atoms with E-state index in [1.54, 1.807) is 22.7 Å². The molecule has 3 aromatic heterocycles. The number of aliphatic hydroxyl groups is 1. The van der Waals surface area contributed by atoms with Crippen molar-refractivity contribution in [1.82, 2.24) is 19.5 Å². The Balaban J connectivity index is 1.32. The van der Waals surface area contributed by atoms with Gasteiger partial charge in [-0.3, -0.25) is 9.20 Å². The summed E-state index contributed by atoms with van der Waals surface area (Å²) in [4.78, 5) is 21.7. The van der Waals surface area contributed by atoms with Crippen LogP contribution in [0.25, 0.3) is 17.0 Å². The molecule has 0 saturated heterocycles. The van der Waals surface area contributed by atoms with Gasteiger partial charge in [-0.2, -0.15) is 4.98 Å². The van der Waals surface area contributed by atoms with Crippen LogP contribution in [0.2, 0.25) is 5.02 Å². The molecule has 1 fully saturated rings. The normalized spacial score (nSPS) is 17.8. The summed E-state index contributed by atoms with van der Waals surface area (Å²) in [7, 11) is 0. The maximum absolute atomic E-state index is 12.9. The molecule has 33 heavy (non-hydrogen) atoms. The molecule has 0 aliphatic heterocycles. The van der Waals surface area contributed by atoms with Crippen molar-refractivity contribution >= 4 is 28.8 Å². The predicted molar refractivity (Wildman–Crippen MR) is 121 cm³/mol. The molecule has 170 valence electrons. The Morgan fingerprint density at radius 2 is 2.18 bits per heavy atom. The second-order valence-corrected chi connectivity index (χ2v) is 8.48. The summed E-state index contributed by atoms with van der Waals surface area (Å²) < 4.78 is 12.7. The first-order valence-corrected chi connectivity index (χ1v) is 11.0. The number of hydrogen-bond donors (Lipinski definition) is 2. The molecule has 9 nitrogen and oxygen atoms in total. The molecular weight excluding hydrogens is 446 g/mol. The number of rotatable bonds is 7. The highest BCUT2D eigenvalue weighted by molar-refractivity contribution is 6.30. The molecule has 10 heteroatoms. The largest absolute Gasteiger partial charge is 0.394 e. The standard InChI is InChI=1S/C23H22ClN5O4/c1-13-2-3-14(21-27-23(33-28-21)15-8-17(9-15)32-7-6-30)10-18(13)26-22(31)19-12-25-20-11-16(24)4-5-29(19)20/h2-5,10-12,15,17,30H,6-9H2,1H3,(H,26,31). The number of fused-ring (bicyclic) bond motifs is 1. The minimum absolute atomic E-state index is 0.0176. The number of ether oxygens (including phenoxy) is 1. The molecule has 0 spiro atoms. The van der Waals surface area contributed by atoms with E-state index in [-0.39, 0.29) is 24.5 Å². The molecular formula is C23H22ClN5O4. The van der Waals surface area contributed by atoms with Crippen molar-refractivity contribution in [1.29, 1.82) is 0 Å². The first-order chi connectivity index (χ1) is 16.0. The van der Waals surface area contributed by atoms with Crippen LogP contribution in [0, 0.1) is 6.92 Å². The Bertz CT molecular complexity index is 1310. The first kappa shape index (κ1) is 21.6. The van der Waals surface area contributed by atoms with Gasteiger partial charge in [0.25, 0.3) is 5.91 Å². The van der Waals surface area contributed by atoms with Crippen molar-refractivity contribution in [2.24, 2.45) is 0 Å². The van der Waals surface area contributed by atoms with Gasteiger partial charge in [-0.25, -0.2) is 4.98 Å². The van der Waals surface area contributed by atoms with Gasteiger partial charge in [-0.15, -0.1) is 0 Å². The number of halogens is 1. The summed E-state index contributed by atoms with van der Waals surface area (Å²) in [5, 5.41) is 16.5. The second-order valence-electron chi connectivity index (χ2n) is 8.04. The summed E-state index contributed by atoms with van der Waals surface area (Å²) in [5.74, 6) is 0.902. The number of anilines is 1. The summed E-state index contributed by atoms with van der Waals surface area (Å²) in [6.45, 7) is 2.27. The monoisotopic (exact) mass is 467 g/mol. The summed E-state index contributed by atoms with van der Waals surface area (Å²) in [6, 6.07) is 9.02. The first-order valence-electron chi connectivity index (χ1n) is 10.6. The number of amides is 1. The van der Waals surface area contributed by atoms with Crippen LogP contribution >= 0.6 is 11.6 Å². The van der Waals surface area contributed by atoms with Gasteiger partial charge in [0.15, 0.2) is 0 Å². The highest BCUT2D eigenvalue weighted by atomic mass is 35.5. The number of aliphatic hydroxyl groups excluding tert-OH is 1. The van der Waals surface area contributed by atoms with E-state index < -0.39 is 0 Å². The van der Waals surface area contributed by atoms with Crippen LogP contribution in [0.3, 0.4) is 0 Å². The topological polar surface area (TPSA) is 115 Å². The van der Waals surface area contributed by atoms with E-state index in [0.29, 0.717) is 40.4 Å². The van der Waals surface area contributed by atoms with E-state index in [0.717, 1.165) is 24.0 Å². The van der Waals surface area contributed by atoms with Gasteiger partial charge in [-0.1, -0.05) is 28.9 Å². The highest BCUT2D eigenvalue weighted by Gasteiger charge is 2.35. The van der Waals surface area contributed by atoms with Gasteiger partial charge in [0.1, 0.15) is 11.3 Å². The second kappa shape index (κ2) is 8.93. The van der Waals surface area contributed by atoms with Gasteiger partial charge in [0.05, 0.1) is 25.5 Å². The maximum Gasteiger partial charge on any atom is 0.274 e. The van der Waals surface area contributed by atoms with E-state index in [9.17, 15) is 4.79 Å². The fourth-order valence-electron chi connectivity index (χ4n) is 3.85. The van der Waals surface area contributed by atoms with Gasteiger partial charge >= 0.3 is 0 Å². The lowest BCUT2D eigenvalue weighted by molar-refractivity contribution is -0.0297. The third-order valence-corrected chi connectivity index (χ3v) is 6.02. The zero-order valence-electron chi connectivity index (χ0n) is 17.9. The Kier molecular flexibility index (Phi) is 5.84. The smallest absolute Gasteiger partial charge is 0.274 e. The van der Waals surface area contributed by atoms with Crippen molar-refractivity contribution in [2.45, 2.75) is 31.8 Å². The third kappa shape index (κ3) is 4.35. The Hall–Kier alpha value is -3.27. The molecule has 5 rings (SSSR count). The maximum atomic E-state index is 12.9. The lowest BCUT2D eigenvalue weighted by atomic mass is 9.82. The van der Waals surface area contributed by atoms with E-state index in [2.05, 4.69) is 20.4 Å². The minimum atomic E-state index is -0.290. The van der Waals surface area contributed by atoms with E-state index in [1.165, 1.54) is 6.20 Å².